The lowest BCUT2D eigenvalue weighted by Crippen LogP contribution is -2.56. The number of rotatable bonds is 5. The molecule has 1 saturated carbocycles. The summed E-state index contributed by atoms with van der Waals surface area (Å²) < 4.78 is 19.5. The molecule has 1 saturated heterocycles. The van der Waals surface area contributed by atoms with E-state index in [1.54, 1.807) is 38.7 Å². The Morgan fingerprint density at radius 3 is 2.69 bits per heavy atom. The van der Waals surface area contributed by atoms with E-state index < -0.39 is 53.2 Å². The molecule has 0 bridgehead atoms. The topological polar surface area (TPSA) is 167 Å². The average Bonchev–Trinajstić information content (AvgIpc) is 3.43. The molecule has 0 spiro atoms. The fourth-order valence-corrected chi connectivity index (χ4v) is 7.31. The van der Waals surface area contributed by atoms with E-state index in [2.05, 4.69) is 15.7 Å². The monoisotopic (exact) mass is 693 g/mol. The maximum absolute atomic E-state index is 14.4. The molecule has 1 aliphatic carbocycles. The average molecular weight is 694 g/mol. The van der Waals surface area contributed by atoms with Gasteiger partial charge in [0.15, 0.2) is 5.82 Å². The van der Waals surface area contributed by atoms with Gasteiger partial charge in [-0.3, -0.25) is 14.3 Å². The first-order valence-electron chi connectivity index (χ1n) is 16.7. The maximum Gasteiger partial charge on any atom is 0.408 e. The van der Waals surface area contributed by atoms with Crippen molar-refractivity contribution < 1.29 is 33.4 Å². The number of aromatic nitrogens is 4. The summed E-state index contributed by atoms with van der Waals surface area (Å²) in [5.74, 6) is -0.908. The van der Waals surface area contributed by atoms with Crippen LogP contribution in [-0.4, -0.2) is 91.5 Å². The third-order valence-electron chi connectivity index (χ3n) is 9.08. The fraction of sp³-hybridized carbons (Fsp3) is 0.559. The van der Waals surface area contributed by atoms with Gasteiger partial charge in [0, 0.05) is 25.6 Å². The van der Waals surface area contributed by atoms with Crippen molar-refractivity contribution in [3.05, 3.63) is 35.9 Å². The number of nitrogens with zero attached hydrogens (tertiary/aromatic N) is 5. The van der Waals surface area contributed by atoms with Crippen molar-refractivity contribution in [3.63, 3.8) is 0 Å². The van der Waals surface area contributed by atoms with Crippen LogP contribution < -0.4 is 15.4 Å². The van der Waals surface area contributed by atoms with E-state index in [1.165, 1.54) is 23.3 Å². The number of aryl methyl sites for hydroxylation is 1. The molecule has 3 amide bonds. The van der Waals surface area contributed by atoms with E-state index in [9.17, 15) is 19.2 Å². The molecule has 49 heavy (non-hydrogen) atoms. The fourth-order valence-electron chi connectivity index (χ4n) is 6.55. The lowest BCUT2D eigenvalue weighted by Gasteiger charge is -2.30. The highest BCUT2D eigenvalue weighted by Gasteiger charge is 2.62. The normalized spacial score (nSPS) is 26.2. The Balaban J connectivity index is 1.32. The Labute approximate surface area is 288 Å². The van der Waals surface area contributed by atoms with E-state index in [-0.39, 0.29) is 18.9 Å². The first kappa shape index (κ1) is 34.3. The third kappa shape index (κ3) is 7.41. The molecular weight excluding hydrogens is 650 g/mol. The van der Waals surface area contributed by atoms with Crippen LogP contribution in [0.5, 0.6) is 5.88 Å². The summed E-state index contributed by atoms with van der Waals surface area (Å²) in [6.45, 7) is 5.30. The first-order valence-corrected chi connectivity index (χ1v) is 17.5. The standard InChI is InChI=1S/C34H43N7O7S/c1-33(2,3)48-32(45)37-23-12-10-8-6-7-9-11-20-18-34(20,31(44)46-5)39-28(42)25-17-21(19-41(25)30(23)43)47-29-26-22(14-16-49-26)36-27(38-29)24-13-15-35-40(24)4/h9,11,13-16,20-21,23,25H,6-8,10,12,17-19H2,1-5H3,(H,37,45)(H,39,42)/t20-,21-,23+,25+,34-/m1/s1. The van der Waals surface area contributed by atoms with E-state index in [0.29, 0.717) is 42.2 Å². The van der Waals surface area contributed by atoms with Crippen LogP contribution >= 0.6 is 11.3 Å². The summed E-state index contributed by atoms with van der Waals surface area (Å²) in [6, 6.07) is 1.76. The number of allylic oxidation sites excluding steroid dienone is 1. The van der Waals surface area contributed by atoms with E-state index in [1.807, 2.05) is 29.7 Å². The summed E-state index contributed by atoms with van der Waals surface area (Å²) in [4.78, 5) is 65.3. The highest BCUT2D eigenvalue weighted by molar-refractivity contribution is 7.17. The number of amides is 3. The summed E-state index contributed by atoms with van der Waals surface area (Å²) in [5, 5.41) is 11.9. The largest absolute Gasteiger partial charge is 0.471 e. The zero-order valence-electron chi connectivity index (χ0n) is 28.4. The molecule has 3 aromatic rings. The highest BCUT2D eigenvalue weighted by atomic mass is 32.1. The number of esters is 1. The van der Waals surface area contributed by atoms with Gasteiger partial charge in [-0.15, -0.1) is 11.3 Å². The van der Waals surface area contributed by atoms with Gasteiger partial charge in [0.25, 0.3) is 0 Å². The van der Waals surface area contributed by atoms with Crippen LogP contribution in [0.25, 0.3) is 21.7 Å². The Kier molecular flexibility index (Phi) is 9.65. The molecule has 0 unspecified atom stereocenters. The molecule has 262 valence electrons. The van der Waals surface area contributed by atoms with Crippen LogP contribution in [0.15, 0.2) is 35.9 Å². The molecule has 6 rings (SSSR count). The zero-order valence-corrected chi connectivity index (χ0v) is 29.2. The van der Waals surface area contributed by atoms with Crippen molar-refractivity contribution in [2.75, 3.05) is 13.7 Å². The lowest BCUT2D eigenvalue weighted by molar-refractivity contribution is -0.148. The second-order valence-electron chi connectivity index (χ2n) is 13.8. The van der Waals surface area contributed by atoms with E-state index in [4.69, 9.17) is 24.2 Å². The number of methoxy groups -OCH3 is 1. The number of alkyl carbamates (subject to hydrolysis) is 1. The van der Waals surface area contributed by atoms with Crippen LogP contribution in [0, 0.1) is 5.92 Å². The van der Waals surface area contributed by atoms with Crippen LogP contribution in [0.4, 0.5) is 4.79 Å². The van der Waals surface area contributed by atoms with Crippen molar-refractivity contribution in [1.82, 2.24) is 35.3 Å². The Hall–Kier alpha value is -4.53. The quantitative estimate of drug-likeness (QED) is 0.296. The second kappa shape index (κ2) is 13.8. The third-order valence-corrected chi connectivity index (χ3v) is 9.97. The molecule has 5 atom stereocenters. The number of thiophene rings is 1. The van der Waals surface area contributed by atoms with Gasteiger partial charge in [-0.2, -0.15) is 10.1 Å². The summed E-state index contributed by atoms with van der Waals surface area (Å²) in [6.07, 6.45) is 8.36. The van der Waals surface area contributed by atoms with Crippen LogP contribution in [0.2, 0.25) is 0 Å². The molecule has 3 aliphatic rings. The number of fused-ring (bicyclic) bond motifs is 3. The smallest absolute Gasteiger partial charge is 0.408 e. The summed E-state index contributed by atoms with van der Waals surface area (Å²) >= 11 is 1.43. The van der Waals surface area contributed by atoms with Gasteiger partial charge in [-0.05, 0) is 64.0 Å². The van der Waals surface area contributed by atoms with Crippen LogP contribution in [-0.2, 0) is 30.9 Å². The minimum atomic E-state index is -1.21. The molecule has 2 N–H and O–H groups in total. The molecule has 5 heterocycles. The molecule has 2 aliphatic heterocycles. The predicted molar refractivity (Wildman–Crippen MR) is 181 cm³/mol. The van der Waals surface area contributed by atoms with Gasteiger partial charge in [-0.1, -0.05) is 25.0 Å². The van der Waals surface area contributed by atoms with E-state index >= 15 is 0 Å². The van der Waals surface area contributed by atoms with Gasteiger partial charge in [-0.25, -0.2) is 14.6 Å². The van der Waals surface area contributed by atoms with Gasteiger partial charge in [0.1, 0.15) is 39.7 Å². The van der Waals surface area contributed by atoms with Crippen molar-refractivity contribution >= 4 is 45.4 Å². The van der Waals surface area contributed by atoms with Crippen molar-refractivity contribution in [2.45, 2.75) is 95.0 Å². The first-order chi connectivity index (χ1) is 23.4. The number of hydrogen-bond acceptors (Lipinski definition) is 11. The highest BCUT2D eigenvalue weighted by Crippen LogP contribution is 2.46. The summed E-state index contributed by atoms with van der Waals surface area (Å²) in [7, 11) is 3.10. The Morgan fingerprint density at radius 1 is 1.14 bits per heavy atom. The van der Waals surface area contributed by atoms with Crippen molar-refractivity contribution in [3.8, 4) is 17.4 Å². The maximum atomic E-state index is 14.4. The van der Waals surface area contributed by atoms with Crippen LogP contribution in [0.3, 0.4) is 0 Å². The molecule has 0 aromatic carbocycles. The number of carbonyl (C=O) groups is 4. The number of ether oxygens (including phenoxy) is 3. The Morgan fingerprint density at radius 2 is 1.96 bits per heavy atom. The minimum absolute atomic E-state index is 0.0515. The van der Waals surface area contributed by atoms with Gasteiger partial charge in [0.05, 0.1) is 19.2 Å². The SMILES string of the molecule is COC(=O)[C@@]12C[C@H]1C=CCCCCC[C@H](NC(=O)OC(C)(C)C)C(=O)N1C[C@H](Oc3nc(-c4ccnn4C)nc4ccsc34)C[C@H]1C(=O)N2. The zero-order chi connectivity index (χ0) is 34.9. The predicted octanol–water partition coefficient (Wildman–Crippen LogP) is 3.90. The number of nitrogens with one attached hydrogen (secondary N) is 2. The summed E-state index contributed by atoms with van der Waals surface area (Å²) in [5.41, 5.74) is -0.583. The Bertz CT molecular complexity index is 1760. The number of carbonyl (C=O) groups excluding carboxylic acids is 4. The molecule has 14 nitrogen and oxygen atoms in total. The van der Waals surface area contributed by atoms with E-state index in [0.717, 1.165) is 24.0 Å². The molecule has 2 fully saturated rings. The van der Waals surface area contributed by atoms with Crippen molar-refractivity contribution in [2.24, 2.45) is 13.0 Å². The van der Waals surface area contributed by atoms with Crippen LogP contribution in [0.1, 0.15) is 65.7 Å². The van der Waals surface area contributed by atoms with Gasteiger partial charge in [0.2, 0.25) is 17.7 Å². The molecule has 15 heteroatoms. The van der Waals surface area contributed by atoms with Crippen molar-refractivity contribution in [1.29, 1.82) is 0 Å². The molecule has 0 radical (unpaired) electrons. The minimum Gasteiger partial charge on any atom is -0.471 e. The molecule has 3 aromatic heterocycles. The van der Waals surface area contributed by atoms with Gasteiger partial charge < -0.3 is 29.7 Å². The number of hydrogen-bond donors (Lipinski definition) is 2. The lowest BCUT2D eigenvalue weighted by atomic mass is 10.0. The molecular formula is C34H43N7O7S. The van der Waals surface area contributed by atoms with Gasteiger partial charge >= 0.3 is 12.1 Å². The second-order valence-corrected chi connectivity index (χ2v) is 14.8.